The van der Waals surface area contributed by atoms with Gasteiger partial charge in [-0.2, -0.15) is 0 Å². The first-order valence-corrected chi connectivity index (χ1v) is 6.31. The van der Waals surface area contributed by atoms with E-state index in [2.05, 4.69) is 4.74 Å². The lowest BCUT2D eigenvalue weighted by atomic mass is 9.80. The van der Waals surface area contributed by atoms with E-state index in [0.29, 0.717) is 6.42 Å². The molecule has 106 valence electrons. The third-order valence-electron chi connectivity index (χ3n) is 3.10. The number of esters is 2. The van der Waals surface area contributed by atoms with E-state index in [4.69, 9.17) is 4.74 Å². The molecule has 0 spiro atoms. The first-order chi connectivity index (χ1) is 9.01. The molecular formula is C13H18O6. The van der Waals surface area contributed by atoms with E-state index in [1.807, 2.05) is 6.92 Å². The molecule has 0 heterocycles. The van der Waals surface area contributed by atoms with E-state index in [1.165, 1.54) is 0 Å². The van der Waals surface area contributed by atoms with Crippen molar-refractivity contribution in [3.8, 4) is 0 Å². The molecule has 0 N–H and O–H groups in total. The van der Waals surface area contributed by atoms with Gasteiger partial charge in [-0.15, -0.1) is 0 Å². The van der Waals surface area contributed by atoms with Crippen molar-refractivity contribution in [1.29, 1.82) is 0 Å². The normalized spacial score (nSPS) is 23.1. The molecule has 0 aliphatic heterocycles. The molecule has 1 aliphatic carbocycles. The minimum atomic E-state index is -1.07. The fourth-order valence-electron chi connectivity index (χ4n) is 1.90. The van der Waals surface area contributed by atoms with Gasteiger partial charge in [0.15, 0.2) is 0 Å². The van der Waals surface area contributed by atoms with E-state index in [9.17, 15) is 19.2 Å². The van der Waals surface area contributed by atoms with Gasteiger partial charge >= 0.3 is 11.9 Å². The van der Waals surface area contributed by atoms with E-state index in [0.717, 1.165) is 13.5 Å². The molecular weight excluding hydrogens is 252 g/mol. The molecule has 6 nitrogen and oxygen atoms in total. The number of carbonyl (C=O) groups excluding carboxylic acids is 4. The highest BCUT2D eigenvalue weighted by Gasteiger charge is 2.43. The van der Waals surface area contributed by atoms with Crippen LogP contribution in [0.15, 0.2) is 0 Å². The fraction of sp³-hybridized carbons (Fsp3) is 0.692. The Kier molecular flexibility index (Phi) is 5.66. The van der Waals surface area contributed by atoms with Crippen molar-refractivity contribution in [2.24, 2.45) is 11.8 Å². The molecule has 0 bridgehead atoms. The van der Waals surface area contributed by atoms with Crippen molar-refractivity contribution in [2.75, 3.05) is 13.7 Å². The maximum Gasteiger partial charge on any atom is 0.316 e. The van der Waals surface area contributed by atoms with Crippen LogP contribution in [0, 0.1) is 11.8 Å². The Balaban J connectivity index is 2.60. The lowest BCUT2D eigenvalue weighted by Gasteiger charge is -2.23. The molecule has 0 saturated heterocycles. The number of hydrogen-bond donors (Lipinski definition) is 0. The Hall–Kier alpha value is -1.72. The van der Waals surface area contributed by atoms with Crippen LogP contribution in [0.2, 0.25) is 0 Å². The fourth-order valence-corrected chi connectivity index (χ4v) is 1.90. The summed E-state index contributed by atoms with van der Waals surface area (Å²) in [4.78, 5) is 46.5. The summed E-state index contributed by atoms with van der Waals surface area (Å²) in [6.45, 7) is 2.19. The molecule has 0 radical (unpaired) electrons. The molecule has 0 aromatic heterocycles. The number of carbonyl (C=O) groups is 4. The van der Waals surface area contributed by atoms with Crippen LogP contribution in [0.1, 0.15) is 32.6 Å². The average Bonchev–Trinajstić information content (AvgIpc) is 2.40. The summed E-state index contributed by atoms with van der Waals surface area (Å²) < 4.78 is 9.39. The number of unbranched alkanes of at least 4 members (excludes halogenated alkanes) is 1. The monoisotopic (exact) mass is 270 g/mol. The molecule has 1 fully saturated rings. The molecule has 2 atom stereocenters. The topological polar surface area (TPSA) is 86.7 Å². The summed E-state index contributed by atoms with van der Waals surface area (Å²) in [7, 11) is 1.16. The molecule has 1 aliphatic rings. The van der Waals surface area contributed by atoms with Gasteiger partial charge in [-0.25, -0.2) is 0 Å². The van der Waals surface area contributed by atoms with Gasteiger partial charge < -0.3 is 9.47 Å². The van der Waals surface area contributed by atoms with Crippen LogP contribution >= 0.6 is 0 Å². The van der Waals surface area contributed by atoms with Crippen LogP contribution in [-0.2, 0) is 28.7 Å². The standard InChI is InChI=1S/C13H18O6/c1-3-4-5-19-13(17)9-7-10(14)8(6-11(9)15)12(16)18-2/h8-9H,3-7H2,1-2H3. The van der Waals surface area contributed by atoms with E-state index in [-0.39, 0.29) is 19.4 Å². The van der Waals surface area contributed by atoms with Crippen molar-refractivity contribution < 1.29 is 28.7 Å². The molecule has 0 aromatic rings. The van der Waals surface area contributed by atoms with Gasteiger partial charge in [-0.1, -0.05) is 13.3 Å². The van der Waals surface area contributed by atoms with Crippen LogP contribution in [-0.4, -0.2) is 37.2 Å². The first kappa shape index (κ1) is 15.3. The summed E-state index contributed by atoms with van der Waals surface area (Å²) >= 11 is 0. The molecule has 0 amide bonds. The van der Waals surface area contributed by atoms with Crippen LogP contribution in [0.25, 0.3) is 0 Å². The zero-order valence-electron chi connectivity index (χ0n) is 11.1. The van der Waals surface area contributed by atoms with Crippen molar-refractivity contribution in [1.82, 2.24) is 0 Å². The summed E-state index contributed by atoms with van der Waals surface area (Å²) in [5.41, 5.74) is 0. The average molecular weight is 270 g/mol. The zero-order valence-corrected chi connectivity index (χ0v) is 11.1. The largest absolute Gasteiger partial charge is 0.468 e. The zero-order chi connectivity index (χ0) is 14.4. The maximum absolute atomic E-state index is 11.8. The summed E-state index contributed by atoms with van der Waals surface area (Å²) in [5.74, 6) is -4.41. The number of ether oxygens (including phenoxy) is 2. The van der Waals surface area contributed by atoms with Crippen LogP contribution in [0.4, 0.5) is 0 Å². The van der Waals surface area contributed by atoms with Crippen molar-refractivity contribution in [3.05, 3.63) is 0 Å². The summed E-state index contributed by atoms with van der Waals surface area (Å²) in [5, 5.41) is 0. The van der Waals surface area contributed by atoms with Crippen molar-refractivity contribution >= 4 is 23.5 Å². The van der Waals surface area contributed by atoms with E-state index < -0.39 is 35.3 Å². The highest BCUT2D eigenvalue weighted by atomic mass is 16.5. The Bertz CT molecular complexity index is 387. The number of ketones is 2. The van der Waals surface area contributed by atoms with Gasteiger partial charge in [-0.05, 0) is 6.42 Å². The number of Topliss-reactive ketones (excluding diaryl/α,β-unsaturated/α-hetero) is 2. The Morgan fingerprint density at radius 2 is 1.63 bits per heavy atom. The Labute approximate surface area is 111 Å². The number of hydrogen-bond acceptors (Lipinski definition) is 6. The minimum absolute atomic E-state index is 0.244. The van der Waals surface area contributed by atoms with Crippen molar-refractivity contribution in [3.63, 3.8) is 0 Å². The first-order valence-electron chi connectivity index (χ1n) is 6.31. The Morgan fingerprint density at radius 1 is 1.11 bits per heavy atom. The highest BCUT2D eigenvalue weighted by Crippen LogP contribution is 2.25. The van der Waals surface area contributed by atoms with Gasteiger partial charge in [0.2, 0.25) is 0 Å². The molecule has 1 rings (SSSR count). The third kappa shape index (κ3) is 3.87. The SMILES string of the molecule is CCCCOC(=O)C1CC(=O)C(C(=O)OC)CC1=O. The Morgan fingerprint density at radius 3 is 2.11 bits per heavy atom. The summed E-state index contributed by atoms with van der Waals surface area (Å²) in [6.07, 6.45) is 1.03. The second-order valence-corrected chi connectivity index (χ2v) is 4.49. The van der Waals surface area contributed by atoms with E-state index >= 15 is 0 Å². The number of methoxy groups -OCH3 is 1. The smallest absolute Gasteiger partial charge is 0.316 e. The van der Waals surface area contributed by atoms with Gasteiger partial charge in [0.1, 0.15) is 23.4 Å². The second kappa shape index (κ2) is 7.01. The van der Waals surface area contributed by atoms with Crippen molar-refractivity contribution in [2.45, 2.75) is 32.6 Å². The maximum atomic E-state index is 11.8. The van der Waals surface area contributed by atoms with Gasteiger partial charge in [0, 0.05) is 12.8 Å². The van der Waals surface area contributed by atoms with E-state index in [1.54, 1.807) is 0 Å². The van der Waals surface area contributed by atoms with Gasteiger partial charge in [-0.3, -0.25) is 19.2 Å². The second-order valence-electron chi connectivity index (χ2n) is 4.49. The molecule has 6 heteroatoms. The third-order valence-corrected chi connectivity index (χ3v) is 3.10. The molecule has 19 heavy (non-hydrogen) atoms. The van der Waals surface area contributed by atoms with Gasteiger partial charge in [0.25, 0.3) is 0 Å². The molecule has 2 unspecified atom stereocenters. The highest BCUT2D eigenvalue weighted by molar-refractivity contribution is 6.12. The van der Waals surface area contributed by atoms with Crippen LogP contribution in [0.3, 0.4) is 0 Å². The van der Waals surface area contributed by atoms with Crippen LogP contribution in [0.5, 0.6) is 0 Å². The van der Waals surface area contributed by atoms with Gasteiger partial charge in [0.05, 0.1) is 13.7 Å². The predicted octanol–water partition coefficient (Wildman–Crippen LogP) is 0.667. The minimum Gasteiger partial charge on any atom is -0.468 e. The lowest BCUT2D eigenvalue weighted by Crippen LogP contribution is -2.41. The predicted molar refractivity (Wildman–Crippen MR) is 64.1 cm³/mol. The molecule has 0 aromatic carbocycles. The van der Waals surface area contributed by atoms with Crippen LogP contribution < -0.4 is 0 Å². The lowest BCUT2D eigenvalue weighted by molar-refractivity contribution is -0.161. The quantitative estimate of drug-likeness (QED) is 0.414. The summed E-state index contributed by atoms with van der Waals surface area (Å²) in [6, 6.07) is 0. The molecule has 1 saturated carbocycles. The number of rotatable bonds is 5.